The summed E-state index contributed by atoms with van der Waals surface area (Å²) >= 11 is 0. The highest BCUT2D eigenvalue weighted by Crippen LogP contribution is 2.24. The van der Waals surface area contributed by atoms with Crippen LogP contribution in [0, 0.1) is 29.6 Å². The van der Waals surface area contributed by atoms with Crippen LogP contribution in [0.15, 0.2) is 29.1 Å². The molecule has 0 aliphatic carbocycles. The van der Waals surface area contributed by atoms with Crippen LogP contribution < -0.4 is 5.56 Å². The Bertz CT molecular complexity index is 702. The van der Waals surface area contributed by atoms with E-state index in [4.69, 9.17) is 10.5 Å². The average Bonchev–Trinajstić information content (AvgIpc) is 2.29. The van der Waals surface area contributed by atoms with Gasteiger partial charge < -0.3 is 4.98 Å². The number of hydrogen-bond donors (Lipinski definition) is 1. The van der Waals surface area contributed by atoms with Crippen LogP contribution in [0.2, 0.25) is 0 Å². The third-order valence-electron chi connectivity index (χ3n) is 2.58. The van der Waals surface area contributed by atoms with Gasteiger partial charge in [0.2, 0.25) is 5.56 Å². The second-order valence-corrected chi connectivity index (χ2v) is 3.83. The molecular formula is C13H9N3O. The average molecular weight is 223 g/mol. The number of aryl methyl sites for hydroxylation is 1. The summed E-state index contributed by atoms with van der Waals surface area (Å²) < 4.78 is 0. The van der Waals surface area contributed by atoms with Crippen molar-refractivity contribution in [1.82, 2.24) is 4.98 Å². The van der Waals surface area contributed by atoms with E-state index < -0.39 is 5.92 Å². The monoisotopic (exact) mass is 223 g/mol. The van der Waals surface area contributed by atoms with Crippen LogP contribution in [-0.4, -0.2) is 4.98 Å². The van der Waals surface area contributed by atoms with Gasteiger partial charge in [-0.2, -0.15) is 10.5 Å². The van der Waals surface area contributed by atoms with E-state index in [0.29, 0.717) is 11.1 Å². The van der Waals surface area contributed by atoms with E-state index in [-0.39, 0.29) is 5.56 Å². The molecular weight excluding hydrogens is 214 g/mol. The molecule has 2 rings (SSSR count). The van der Waals surface area contributed by atoms with Gasteiger partial charge in [0.15, 0.2) is 5.92 Å². The number of fused-ring (bicyclic) bond motifs is 1. The Morgan fingerprint density at radius 2 is 1.94 bits per heavy atom. The van der Waals surface area contributed by atoms with Crippen molar-refractivity contribution >= 4 is 10.9 Å². The van der Waals surface area contributed by atoms with Crippen molar-refractivity contribution in [2.45, 2.75) is 12.8 Å². The number of hydrogen-bond acceptors (Lipinski definition) is 3. The van der Waals surface area contributed by atoms with Gasteiger partial charge in [-0.3, -0.25) is 4.79 Å². The lowest BCUT2D eigenvalue weighted by Gasteiger charge is -2.07. The third-order valence-corrected chi connectivity index (χ3v) is 2.58. The Balaban J connectivity index is 2.85. The van der Waals surface area contributed by atoms with Gasteiger partial charge in [0.25, 0.3) is 0 Å². The van der Waals surface area contributed by atoms with Gasteiger partial charge in [-0.1, -0.05) is 6.07 Å². The first-order valence-corrected chi connectivity index (χ1v) is 5.08. The summed E-state index contributed by atoms with van der Waals surface area (Å²) in [7, 11) is 0. The zero-order valence-corrected chi connectivity index (χ0v) is 9.19. The molecule has 0 fully saturated rings. The molecule has 2 aromatic rings. The predicted octanol–water partition coefficient (Wildman–Crippen LogP) is 1.97. The zero-order valence-electron chi connectivity index (χ0n) is 9.19. The molecule has 0 spiro atoms. The number of rotatable bonds is 1. The molecule has 0 aliphatic heterocycles. The molecule has 0 amide bonds. The number of aromatic amines is 1. The lowest BCUT2D eigenvalue weighted by atomic mass is 9.95. The highest BCUT2D eigenvalue weighted by atomic mass is 16.1. The van der Waals surface area contributed by atoms with E-state index >= 15 is 0 Å². The Morgan fingerprint density at radius 3 is 2.59 bits per heavy atom. The van der Waals surface area contributed by atoms with Gasteiger partial charge in [-0.25, -0.2) is 0 Å². The van der Waals surface area contributed by atoms with Gasteiger partial charge in [0.05, 0.1) is 12.1 Å². The molecule has 4 nitrogen and oxygen atoms in total. The highest BCUT2D eigenvalue weighted by Gasteiger charge is 2.13. The molecule has 1 heterocycles. The zero-order chi connectivity index (χ0) is 12.4. The van der Waals surface area contributed by atoms with Crippen molar-refractivity contribution < 1.29 is 0 Å². The maximum absolute atomic E-state index is 11.2. The minimum atomic E-state index is -0.816. The van der Waals surface area contributed by atoms with E-state index in [1.54, 1.807) is 12.1 Å². The van der Waals surface area contributed by atoms with Crippen molar-refractivity contribution in [2.75, 3.05) is 0 Å². The summed E-state index contributed by atoms with van der Waals surface area (Å²) in [5, 5.41) is 18.6. The molecule has 82 valence electrons. The Morgan fingerprint density at radius 1 is 1.24 bits per heavy atom. The molecule has 0 unspecified atom stereocenters. The highest BCUT2D eigenvalue weighted by molar-refractivity contribution is 5.84. The number of H-pyrrole nitrogens is 1. The summed E-state index contributed by atoms with van der Waals surface area (Å²) in [6, 6.07) is 10.6. The second kappa shape index (κ2) is 4.11. The first-order valence-electron chi connectivity index (χ1n) is 5.08. The molecule has 0 atom stereocenters. The summed E-state index contributed by atoms with van der Waals surface area (Å²) in [5.74, 6) is -0.816. The maximum Gasteiger partial charge on any atom is 0.248 e. The van der Waals surface area contributed by atoms with Crippen molar-refractivity contribution in [1.29, 1.82) is 10.5 Å². The van der Waals surface area contributed by atoms with Crippen molar-refractivity contribution in [3.05, 3.63) is 45.7 Å². The fraction of sp³-hybridized carbons (Fsp3) is 0.154. The molecule has 0 saturated heterocycles. The SMILES string of the molecule is Cc1cc(C(C#N)C#N)c2ccc(=O)[nH]c2c1. The number of pyridine rings is 1. The Kier molecular flexibility index (Phi) is 2.64. The molecule has 17 heavy (non-hydrogen) atoms. The lowest BCUT2D eigenvalue weighted by Crippen LogP contribution is -2.04. The van der Waals surface area contributed by atoms with Crippen LogP contribution in [0.3, 0.4) is 0 Å². The number of nitrogens with one attached hydrogen (secondary N) is 1. The van der Waals surface area contributed by atoms with E-state index in [9.17, 15) is 4.79 Å². The van der Waals surface area contributed by atoms with Crippen LogP contribution in [0.4, 0.5) is 0 Å². The summed E-state index contributed by atoms with van der Waals surface area (Å²) in [5.41, 5.74) is 2.01. The van der Waals surface area contributed by atoms with Crippen molar-refractivity contribution in [3.8, 4) is 12.1 Å². The fourth-order valence-corrected chi connectivity index (χ4v) is 1.86. The number of nitrogens with zero attached hydrogens (tertiary/aromatic N) is 2. The van der Waals surface area contributed by atoms with E-state index in [2.05, 4.69) is 4.98 Å². The van der Waals surface area contributed by atoms with E-state index in [1.807, 2.05) is 25.1 Å². The molecule has 1 aromatic carbocycles. The topological polar surface area (TPSA) is 80.4 Å². The lowest BCUT2D eigenvalue weighted by molar-refractivity contribution is 1.11. The van der Waals surface area contributed by atoms with Crippen LogP contribution >= 0.6 is 0 Å². The maximum atomic E-state index is 11.2. The quantitative estimate of drug-likeness (QED) is 0.802. The van der Waals surface area contributed by atoms with E-state index in [1.165, 1.54) is 6.07 Å². The molecule has 0 bridgehead atoms. The number of aromatic nitrogens is 1. The first kappa shape index (κ1) is 10.9. The third kappa shape index (κ3) is 1.89. The molecule has 1 N–H and O–H groups in total. The van der Waals surface area contributed by atoms with E-state index in [0.717, 1.165) is 10.9 Å². The Labute approximate surface area is 97.7 Å². The number of benzene rings is 1. The normalized spacial score (nSPS) is 10.1. The van der Waals surface area contributed by atoms with Gasteiger partial charge in [-0.15, -0.1) is 0 Å². The van der Waals surface area contributed by atoms with Crippen molar-refractivity contribution in [3.63, 3.8) is 0 Å². The molecule has 0 aliphatic rings. The molecule has 0 radical (unpaired) electrons. The summed E-state index contributed by atoms with van der Waals surface area (Å²) in [6.07, 6.45) is 0. The van der Waals surface area contributed by atoms with Gasteiger partial charge in [-0.05, 0) is 30.2 Å². The van der Waals surface area contributed by atoms with Gasteiger partial charge >= 0.3 is 0 Å². The Hall–Kier alpha value is -2.59. The minimum Gasteiger partial charge on any atom is -0.322 e. The molecule has 4 heteroatoms. The van der Waals surface area contributed by atoms with Crippen molar-refractivity contribution in [2.24, 2.45) is 0 Å². The largest absolute Gasteiger partial charge is 0.322 e. The number of nitriles is 2. The summed E-state index contributed by atoms with van der Waals surface area (Å²) in [4.78, 5) is 13.9. The summed E-state index contributed by atoms with van der Waals surface area (Å²) in [6.45, 7) is 1.86. The van der Waals surface area contributed by atoms with Crippen LogP contribution in [0.5, 0.6) is 0 Å². The fourth-order valence-electron chi connectivity index (χ4n) is 1.86. The molecule has 1 aromatic heterocycles. The van der Waals surface area contributed by atoms with Crippen LogP contribution in [-0.2, 0) is 0 Å². The second-order valence-electron chi connectivity index (χ2n) is 3.83. The van der Waals surface area contributed by atoms with Gasteiger partial charge in [0, 0.05) is 17.0 Å². The first-order chi connectivity index (χ1) is 8.15. The molecule has 0 saturated carbocycles. The van der Waals surface area contributed by atoms with Gasteiger partial charge in [0.1, 0.15) is 0 Å². The van der Waals surface area contributed by atoms with Crippen LogP contribution in [0.25, 0.3) is 10.9 Å². The smallest absolute Gasteiger partial charge is 0.248 e. The van der Waals surface area contributed by atoms with Crippen LogP contribution in [0.1, 0.15) is 17.0 Å². The predicted molar refractivity (Wildman–Crippen MR) is 63.3 cm³/mol. The standard InChI is InChI=1S/C13H9N3O/c1-8-4-11(9(6-14)7-15)10-2-3-13(17)16-12(10)5-8/h2-5,9H,1H3,(H,16,17). The minimum absolute atomic E-state index is 0.195.